The van der Waals surface area contributed by atoms with Crippen LogP contribution in [0.3, 0.4) is 0 Å². The molecule has 0 saturated heterocycles. The molecule has 132 valence electrons. The standard InChI is InChI=1S/C20H23BrN2O2/c1-14-5-4-6-17(11-14)12-19(24)23(15(2)20(25)22-3)13-16-7-9-18(21)10-8-16/h4-11,15H,12-13H2,1-3H3,(H,22,25)/t15-/m0/s1. The summed E-state index contributed by atoms with van der Waals surface area (Å²) in [5, 5.41) is 2.63. The molecule has 1 atom stereocenters. The number of carbonyl (C=O) groups is 2. The van der Waals surface area contributed by atoms with Crippen molar-refractivity contribution in [2.24, 2.45) is 0 Å². The summed E-state index contributed by atoms with van der Waals surface area (Å²) >= 11 is 3.41. The van der Waals surface area contributed by atoms with Crippen LogP contribution in [0.1, 0.15) is 23.6 Å². The molecule has 2 aromatic rings. The molecule has 2 rings (SSSR count). The van der Waals surface area contributed by atoms with E-state index in [0.29, 0.717) is 6.54 Å². The van der Waals surface area contributed by atoms with Gasteiger partial charge in [-0.15, -0.1) is 0 Å². The number of aryl methyl sites for hydroxylation is 1. The fraction of sp³-hybridized carbons (Fsp3) is 0.300. The predicted molar refractivity (Wildman–Crippen MR) is 103 cm³/mol. The Morgan fingerprint density at radius 2 is 1.80 bits per heavy atom. The minimum Gasteiger partial charge on any atom is -0.357 e. The number of nitrogens with one attached hydrogen (secondary N) is 1. The third kappa shape index (κ3) is 5.43. The van der Waals surface area contributed by atoms with Crippen LogP contribution in [-0.4, -0.2) is 29.8 Å². The molecule has 0 aliphatic rings. The number of hydrogen-bond donors (Lipinski definition) is 1. The molecule has 0 aliphatic carbocycles. The van der Waals surface area contributed by atoms with Gasteiger partial charge >= 0.3 is 0 Å². The number of amides is 2. The van der Waals surface area contributed by atoms with Crippen molar-refractivity contribution in [3.05, 3.63) is 69.7 Å². The maximum Gasteiger partial charge on any atom is 0.242 e. The van der Waals surface area contributed by atoms with Gasteiger partial charge in [0.2, 0.25) is 11.8 Å². The van der Waals surface area contributed by atoms with Crippen molar-refractivity contribution in [3.63, 3.8) is 0 Å². The molecule has 0 saturated carbocycles. The van der Waals surface area contributed by atoms with E-state index in [0.717, 1.165) is 21.2 Å². The third-order valence-electron chi connectivity index (χ3n) is 4.12. The molecule has 4 nitrogen and oxygen atoms in total. The lowest BCUT2D eigenvalue weighted by Crippen LogP contribution is -2.47. The van der Waals surface area contributed by atoms with Crippen molar-refractivity contribution in [1.29, 1.82) is 0 Å². The van der Waals surface area contributed by atoms with Gasteiger partial charge in [-0.2, -0.15) is 0 Å². The van der Waals surface area contributed by atoms with Crippen LogP contribution in [0.5, 0.6) is 0 Å². The number of halogens is 1. The lowest BCUT2D eigenvalue weighted by atomic mass is 10.1. The van der Waals surface area contributed by atoms with Gasteiger partial charge in [-0.25, -0.2) is 0 Å². The highest BCUT2D eigenvalue weighted by Gasteiger charge is 2.25. The maximum absolute atomic E-state index is 12.9. The highest BCUT2D eigenvalue weighted by molar-refractivity contribution is 9.10. The highest BCUT2D eigenvalue weighted by Crippen LogP contribution is 2.16. The van der Waals surface area contributed by atoms with E-state index < -0.39 is 6.04 Å². The van der Waals surface area contributed by atoms with E-state index >= 15 is 0 Å². The second-order valence-electron chi connectivity index (χ2n) is 6.10. The number of hydrogen-bond acceptors (Lipinski definition) is 2. The molecule has 0 unspecified atom stereocenters. The van der Waals surface area contributed by atoms with Crippen LogP contribution in [0.15, 0.2) is 53.0 Å². The van der Waals surface area contributed by atoms with E-state index in [4.69, 9.17) is 0 Å². The van der Waals surface area contributed by atoms with E-state index in [1.54, 1.807) is 18.9 Å². The average Bonchev–Trinajstić information content (AvgIpc) is 2.59. The molecule has 0 radical (unpaired) electrons. The monoisotopic (exact) mass is 402 g/mol. The van der Waals surface area contributed by atoms with Gasteiger partial charge in [-0.05, 0) is 37.1 Å². The van der Waals surface area contributed by atoms with Gasteiger partial charge in [0.1, 0.15) is 6.04 Å². The third-order valence-corrected chi connectivity index (χ3v) is 4.65. The Kier molecular flexibility index (Phi) is 6.76. The summed E-state index contributed by atoms with van der Waals surface area (Å²) in [4.78, 5) is 26.6. The zero-order chi connectivity index (χ0) is 18.4. The molecule has 25 heavy (non-hydrogen) atoms. The van der Waals surface area contributed by atoms with E-state index in [9.17, 15) is 9.59 Å². The summed E-state index contributed by atoms with van der Waals surface area (Å²) in [5.41, 5.74) is 3.05. The van der Waals surface area contributed by atoms with Gasteiger partial charge in [-0.1, -0.05) is 57.9 Å². The minimum absolute atomic E-state index is 0.0652. The van der Waals surface area contributed by atoms with E-state index in [1.165, 1.54) is 0 Å². The van der Waals surface area contributed by atoms with Gasteiger partial charge in [0.05, 0.1) is 6.42 Å². The zero-order valence-electron chi connectivity index (χ0n) is 14.8. The van der Waals surface area contributed by atoms with Crippen molar-refractivity contribution >= 4 is 27.7 Å². The average molecular weight is 403 g/mol. The molecule has 5 heteroatoms. The molecule has 2 aromatic carbocycles. The van der Waals surface area contributed by atoms with Gasteiger partial charge in [0.15, 0.2) is 0 Å². The number of likely N-dealkylation sites (N-methyl/N-ethyl adjacent to an activating group) is 1. The Morgan fingerprint density at radius 3 is 2.40 bits per heavy atom. The second kappa shape index (κ2) is 8.81. The first-order chi connectivity index (χ1) is 11.9. The summed E-state index contributed by atoms with van der Waals surface area (Å²) in [5.74, 6) is -0.237. The van der Waals surface area contributed by atoms with Crippen molar-refractivity contribution in [1.82, 2.24) is 10.2 Å². The molecule has 1 N–H and O–H groups in total. The fourth-order valence-corrected chi connectivity index (χ4v) is 2.94. The number of rotatable bonds is 6. The Morgan fingerprint density at radius 1 is 1.12 bits per heavy atom. The summed E-state index contributed by atoms with van der Waals surface area (Å²) in [6.07, 6.45) is 0.277. The van der Waals surface area contributed by atoms with Crippen LogP contribution < -0.4 is 5.32 Å². The number of carbonyl (C=O) groups excluding carboxylic acids is 2. The van der Waals surface area contributed by atoms with E-state index in [-0.39, 0.29) is 18.2 Å². The molecular weight excluding hydrogens is 380 g/mol. The van der Waals surface area contributed by atoms with E-state index in [2.05, 4.69) is 21.2 Å². The van der Waals surface area contributed by atoms with Crippen molar-refractivity contribution in [3.8, 4) is 0 Å². The Bertz CT molecular complexity index is 744. The van der Waals surface area contributed by atoms with Crippen molar-refractivity contribution in [2.75, 3.05) is 7.05 Å². The number of benzene rings is 2. The first kappa shape index (κ1) is 19.2. The first-order valence-corrected chi connectivity index (χ1v) is 9.01. The molecule has 2 amide bonds. The summed E-state index contributed by atoms with van der Waals surface area (Å²) in [7, 11) is 1.58. The first-order valence-electron chi connectivity index (χ1n) is 8.21. The quantitative estimate of drug-likeness (QED) is 0.803. The summed E-state index contributed by atoms with van der Waals surface area (Å²) < 4.78 is 0.980. The van der Waals surface area contributed by atoms with E-state index in [1.807, 2.05) is 55.5 Å². The SMILES string of the molecule is CNC(=O)[C@H](C)N(Cc1ccc(Br)cc1)C(=O)Cc1cccc(C)c1. The fourth-order valence-electron chi connectivity index (χ4n) is 2.68. The lowest BCUT2D eigenvalue weighted by Gasteiger charge is -2.28. The molecule has 0 aliphatic heterocycles. The normalized spacial score (nSPS) is 11.7. The lowest BCUT2D eigenvalue weighted by molar-refractivity contribution is -0.139. The highest BCUT2D eigenvalue weighted by atomic mass is 79.9. The van der Waals surface area contributed by atoms with Crippen molar-refractivity contribution in [2.45, 2.75) is 32.9 Å². The Balaban J connectivity index is 2.21. The predicted octanol–water partition coefficient (Wildman–Crippen LogP) is 3.46. The van der Waals surface area contributed by atoms with Crippen LogP contribution >= 0.6 is 15.9 Å². The molecular formula is C20H23BrN2O2. The van der Waals surface area contributed by atoms with Gasteiger partial charge in [-0.3, -0.25) is 9.59 Å². The van der Waals surface area contributed by atoms with Gasteiger partial charge in [0.25, 0.3) is 0 Å². The topological polar surface area (TPSA) is 49.4 Å². The van der Waals surface area contributed by atoms with Crippen LogP contribution in [0, 0.1) is 6.92 Å². The van der Waals surface area contributed by atoms with Crippen LogP contribution in [0.2, 0.25) is 0 Å². The smallest absolute Gasteiger partial charge is 0.242 e. The van der Waals surface area contributed by atoms with Crippen molar-refractivity contribution < 1.29 is 9.59 Å². The second-order valence-corrected chi connectivity index (χ2v) is 7.02. The van der Waals surface area contributed by atoms with Crippen LogP contribution in [0.25, 0.3) is 0 Å². The summed E-state index contributed by atoms with van der Waals surface area (Å²) in [6, 6.07) is 15.1. The Labute approximate surface area is 157 Å². The van der Waals surface area contributed by atoms with Gasteiger partial charge < -0.3 is 10.2 Å². The van der Waals surface area contributed by atoms with Gasteiger partial charge in [0, 0.05) is 18.1 Å². The van der Waals surface area contributed by atoms with Crippen LogP contribution in [0.4, 0.5) is 0 Å². The van der Waals surface area contributed by atoms with Crippen LogP contribution in [-0.2, 0) is 22.6 Å². The zero-order valence-corrected chi connectivity index (χ0v) is 16.3. The molecule has 0 fully saturated rings. The largest absolute Gasteiger partial charge is 0.357 e. The Hall–Kier alpha value is -2.14. The maximum atomic E-state index is 12.9. The summed E-state index contributed by atoms with van der Waals surface area (Å²) in [6.45, 7) is 4.15. The molecule has 0 bridgehead atoms. The minimum atomic E-state index is -0.536. The molecule has 0 spiro atoms. The number of nitrogens with zero attached hydrogens (tertiary/aromatic N) is 1. The molecule has 0 aromatic heterocycles. The molecule has 0 heterocycles.